The molecule has 0 fully saturated rings. The van der Waals surface area contributed by atoms with Gasteiger partial charge in [-0.3, -0.25) is 9.59 Å². The quantitative estimate of drug-likeness (QED) is 0.682. The van der Waals surface area contributed by atoms with E-state index in [1.807, 2.05) is 32.9 Å². The predicted octanol–water partition coefficient (Wildman–Crippen LogP) is 1.61. The van der Waals surface area contributed by atoms with Crippen molar-refractivity contribution >= 4 is 17.6 Å². The molecule has 0 spiro atoms. The summed E-state index contributed by atoms with van der Waals surface area (Å²) in [7, 11) is 0. The third kappa shape index (κ3) is 5.09. The molecule has 0 unspecified atom stereocenters. The van der Waals surface area contributed by atoms with Crippen molar-refractivity contribution in [2.45, 2.75) is 27.2 Å². The van der Waals surface area contributed by atoms with E-state index >= 15 is 0 Å². The summed E-state index contributed by atoms with van der Waals surface area (Å²) in [6, 6.07) is 4.03. The average Bonchev–Trinajstić information content (AvgIpc) is 2.29. The Labute approximate surface area is 113 Å². The Bertz CT molecular complexity index is 461. The third-order valence-corrected chi connectivity index (χ3v) is 2.74. The molecular formula is C14H20N2O3. The third-order valence-electron chi connectivity index (χ3n) is 2.74. The molecule has 104 valence electrons. The van der Waals surface area contributed by atoms with E-state index in [2.05, 4.69) is 10.6 Å². The largest absolute Gasteiger partial charge is 0.481 e. The molecule has 0 radical (unpaired) electrons. The van der Waals surface area contributed by atoms with Gasteiger partial charge in [0.2, 0.25) is 5.91 Å². The van der Waals surface area contributed by atoms with Crippen LogP contribution in [-0.2, 0) is 9.59 Å². The van der Waals surface area contributed by atoms with E-state index in [-0.39, 0.29) is 25.4 Å². The summed E-state index contributed by atoms with van der Waals surface area (Å²) in [5, 5.41) is 14.1. The fourth-order valence-electron chi connectivity index (χ4n) is 1.96. The van der Waals surface area contributed by atoms with Crippen molar-refractivity contribution in [2.75, 3.05) is 18.4 Å². The second-order valence-corrected chi connectivity index (χ2v) is 4.64. The number of nitrogens with one attached hydrogen (secondary N) is 2. The Morgan fingerprint density at radius 2 is 1.74 bits per heavy atom. The minimum atomic E-state index is -0.877. The molecule has 1 rings (SSSR count). The van der Waals surface area contributed by atoms with Gasteiger partial charge < -0.3 is 15.7 Å². The number of anilines is 1. The van der Waals surface area contributed by atoms with Crippen LogP contribution in [0.4, 0.5) is 5.69 Å². The Balaban J connectivity index is 2.51. The molecule has 0 saturated heterocycles. The van der Waals surface area contributed by atoms with Crippen LogP contribution in [-0.4, -0.2) is 30.1 Å². The first kappa shape index (κ1) is 15.2. The molecule has 5 heteroatoms. The number of amides is 1. The SMILES string of the molecule is Cc1cc(C)c(NC(=O)CNCCC(=O)O)c(C)c1. The van der Waals surface area contributed by atoms with E-state index in [9.17, 15) is 9.59 Å². The lowest BCUT2D eigenvalue weighted by Crippen LogP contribution is -2.30. The average molecular weight is 264 g/mol. The molecular weight excluding hydrogens is 244 g/mol. The fourth-order valence-corrected chi connectivity index (χ4v) is 1.96. The minimum Gasteiger partial charge on any atom is -0.481 e. The summed E-state index contributed by atoms with van der Waals surface area (Å²) >= 11 is 0. The zero-order valence-corrected chi connectivity index (χ0v) is 11.5. The van der Waals surface area contributed by atoms with Gasteiger partial charge in [-0.15, -0.1) is 0 Å². The van der Waals surface area contributed by atoms with Gasteiger partial charge >= 0.3 is 5.97 Å². The molecule has 0 atom stereocenters. The van der Waals surface area contributed by atoms with E-state index in [1.165, 1.54) is 0 Å². The van der Waals surface area contributed by atoms with E-state index in [1.54, 1.807) is 0 Å². The van der Waals surface area contributed by atoms with Crippen LogP contribution in [0.1, 0.15) is 23.1 Å². The van der Waals surface area contributed by atoms with Gasteiger partial charge in [0.15, 0.2) is 0 Å². The molecule has 0 bridgehead atoms. The number of carboxylic acid groups (broad SMARTS) is 1. The summed E-state index contributed by atoms with van der Waals surface area (Å²) in [6.07, 6.45) is 0.00979. The van der Waals surface area contributed by atoms with Gasteiger partial charge in [0.05, 0.1) is 13.0 Å². The summed E-state index contributed by atoms with van der Waals surface area (Å²) in [6.45, 7) is 6.31. The van der Waals surface area contributed by atoms with Crippen molar-refractivity contribution in [3.63, 3.8) is 0 Å². The Kier molecular flexibility index (Phi) is 5.51. The van der Waals surface area contributed by atoms with E-state index < -0.39 is 5.97 Å². The monoisotopic (exact) mass is 264 g/mol. The number of rotatable bonds is 6. The second kappa shape index (κ2) is 6.89. The standard InChI is InChI=1S/C14H20N2O3/c1-9-6-10(2)14(11(3)7-9)16-12(17)8-15-5-4-13(18)19/h6-7,15H,4-5,8H2,1-3H3,(H,16,17)(H,18,19). The van der Waals surface area contributed by atoms with Crippen molar-refractivity contribution in [1.82, 2.24) is 5.32 Å². The molecule has 0 aliphatic carbocycles. The van der Waals surface area contributed by atoms with Crippen molar-refractivity contribution < 1.29 is 14.7 Å². The lowest BCUT2D eigenvalue weighted by molar-refractivity contribution is -0.137. The van der Waals surface area contributed by atoms with Crippen LogP contribution in [0.5, 0.6) is 0 Å². The van der Waals surface area contributed by atoms with Crippen LogP contribution < -0.4 is 10.6 Å². The van der Waals surface area contributed by atoms with Crippen LogP contribution in [0.3, 0.4) is 0 Å². The predicted molar refractivity (Wildman–Crippen MR) is 74.4 cm³/mol. The van der Waals surface area contributed by atoms with Gasteiger partial charge in [0.1, 0.15) is 0 Å². The highest BCUT2D eigenvalue weighted by Gasteiger charge is 2.08. The lowest BCUT2D eigenvalue weighted by Gasteiger charge is -2.13. The van der Waals surface area contributed by atoms with Crippen molar-refractivity contribution in [3.8, 4) is 0 Å². The molecule has 0 aromatic heterocycles. The van der Waals surface area contributed by atoms with Crippen LogP contribution >= 0.6 is 0 Å². The maximum absolute atomic E-state index is 11.7. The summed E-state index contributed by atoms with van der Waals surface area (Å²) in [5.41, 5.74) is 4.04. The smallest absolute Gasteiger partial charge is 0.304 e. The molecule has 1 aromatic carbocycles. The first-order valence-corrected chi connectivity index (χ1v) is 6.20. The van der Waals surface area contributed by atoms with Crippen LogP contribution in [0.15, 0.2) is 12.1 Å². The second-order valence-electron chi connectivity index (χ2n) is 4.64. The highest BCUT2D eigenvalue weighted by Crippen LogP contribution is 2.21. The van der Waals surface area contributed by atoms with Gasteiger partial charge in [-0.25, -0.2) is 0 Å². The molecule has 3 N–H and O–H groups in total. The molecule has 0 aliphatic rings. The highest BCUT2D eigenvalue weighted by molar-refractivity contribution is 5.93. The molecule has 0 saturated carbocycles. The van der Waals surface area contributed by atoms with Crippen LogP contribution in [0.25, 0.3) is 0 Å². The van der Waals surface area contributed by atoms with Gasteiger partial charge in [0.25, 0.3) is 0 Å². The first-order valence-electron chi connectivity index (χ1n) is 6.20. The molecule has 0 aliphatic heterocycles. The Hall–Kier alpha value is -1.88. The number of carbonyl (C=O) groups excluding carboxylic acids is 1. The molecule has 1 aromatic rings. The maximum atomic E-state index is 11.7. The van der Waals surface area contributed by atoms with E-state index in [0.29, 0.717) is 0 Å². The lowest BCUT2D eigenvalue weighted by atomic mass is 10.1. The Morgan fingerprint density at radius 1 is 1.16 bits per heavy atom. The molecule has 1 amide bonds. The number of aryl methyl sites for hydroxylation is 3. The number of hydrogen-bond donors (Lipinski definition) is 3. The molecule has 5 nitrogen and oxygen atoms in total. The van der Waals surface area contributed by atoms with Crippen LogP contribution in [0.2, 0.25) is 0 Å². The number of benzene rings is 1. The van der Waals surface area contributed by atoms with Crippen molar-refractivity contribution in [1.29, 1.82) is 0 Å². The topological polar surface area (TPSA) is 78.4 Å². The number of hydrogen-bond acceptors (Lipinski definition) is 3. The first-order chi connectivity index (χ1) is 8.90. The summed E-state index contributed by atoms with van der Waals surface area (Å²) in [4.78, 5) is 22.0. The van der Waals surface area contributed by atoms with Gasteiger partial charge in [-0.05, 0) is 31.9 Å². The van der Waals surface area contributed by atoms with Crippen molar-refractivity contribution in [3.05, 3.63) is 28.8 Å². The molecule has 19 heavy (non-hydrogen) atoms. The highest BCUT2D eigenvalue weighted by atomic mass is 16.4. The molecule has 0 heterocycles. The number of aliphatic carboxylic acids is 1. The van der Waals surface area contributed by atoms with Crippen LogP contribution in [0, 0.1) is 20.8 Å². The zero-order valence-electron chi connectivity index (χ0n) is 11.5. The summed E-state index contributed by atoms with van der Waals surface area (Å²) < 4.78 is 0. The summed E-state index contributed by atoms with van der Waals surface area (Å²) in [5.74, 6) is -1.04. The van der Waals surface area contributed by atoms with E-state index in [0.717, 1.165) is 22.4 Å². The van der Waals surface area contributed by atoms with Gasteiger partial charge in [-0.2, -0.15) is 0 Å². The van der Waals surface area contributed by atoms with Gasteiger partial charge in [-0.1, -0.05) is 17.7 Å². The normalized spacial score (nSPS) is 10.3. The minimum absolute atomic E-state index is 0.00979. The van der Waals surface area contributed by atoms with Gasteiger partial charge in [0, 0.05) is 12.2 Å². The number of carbonyl (C=O) groups is 2. The zero-order chi connectivity index (χ0) is 14.4. The van der Waals surface area contributed by atoms with Crippen molar-refractivity contribution in [2.24, 2.45) is 0 Å². The fraction of sp³-hybridized carbons (Fsp3) is 0.429. The number of carboxylic acids is 1. The Morgan fingerprint density at radius 3 is 2.26 bits per heavy atom. The van der Waals surface area contributed by atoms with E-state index in [4.69, 9.17) is 5.11 Å². The maximum Gasteiger partial charge on any atom is 0.304 e.